The molecule has 0 saturated carbocycles. The molecule has 0 amide bonds. The van der Waals surface area contributed by atoms with Crippen LogP contribution in [-0.2, 0) is 16.6 Å². The lowest BCUT2D eigenvalue weighted by Gasteiger charge is -2.18. The van der Waals surface area contributed by atoms with Crippen LogP contribution < -0.4 is 14.5 Å². The Kier molecular flexibility index (Phi) is 6.02. The van der Waals surface area contributed by atoms with Gasteiger partial charge in [0.25, 0.3) is 0 Å². The van der Waals surface area contributed by atoms with E-state index in [1.54, 1.807) is 11.0 Å². The second-order valence-electron chi connectivity index (χ2n) is 6.52. The topological polar surface area (TPSA) is 91.3 Å². The Morgan fingerprint density at radius 3 is 2.48 bits per heavy atom. The van der Waals surface area contributed by atoms with Gasteiger partial charge in [-0.3, -0.25) is 0 Å². The number of nitrogens with one attached hydrogen (secondary N) is 1. The maximum atomic E-state index is 12.2. The van der Waals surface area contributed by atoms with Gasteiger partial charge in [0.1, 0.15) is 0 Å². The molecule has 27 heavy (non-hydrogen) atoms. The molecule has 0 aliphatic carbocycles. The SMILES string of the molecule is CN(C)c1nc(CNS(=O)(=O)/C=C/c2ccccc2)nc(N2CCCC2)n1. The molecule has 1 saturated heterocycles. The summed E-state index contributed by atoms with van der Waals surface area (Å²) < 4.78 is 27.0. The fourth-order valence-corrected chi connectivity index (χ4v) is 3.44. The van der Waals surface area contributed by atoms with Crippen molar-refractivity contribution in [1.82, 2.24) is 19.7 Å². The number of aromatic nitrogens is 3. The lowest BCUT2D eigenvalue weighted by atomic mass is 10.2. The molecule has 1 aliphatic heterocycles. The predicted octanol–water partition coefficient (Wildman–Crippen LogP) is 1.63. The quantitative estimate of drug-likeness (QED) is 0.771. The van der Waals surface area contributed by atoms with E-state index in [4.69, 9.17) is 0 Å². The maximum absolute atomic E-state index is 12.2. The van der Waals surface area contributed by atoms with Crippen molar-refractivity contribution in [3.05, 3.63) is 47.1 Å². The van der Waals surface area contributed by atoms with Crippen molar-refractivity contribution in [2.24, 2.45) is 0 Å². The molecule has 1 aromatic heterocycles. The Hall–Kier alpha value is -2.52. The summed E-state index contributed by atoms with van der Waals surface area (Å²) in [6.07, 6.45) is 3.76. The monoisotopic (exact) mass is 388 g/mol. The van der Waals surface area contributed by atoms with Crippen LogP contribution in [0.3, 0.4) is 0 Å². The van der Waals surface area contributed by atoms with Crippen LogP contribution in [0.1, 0.15) is 24.2 Å². The van der Waals surface area contributed by atoms with Gasteiger partial charge < -0.3 is 9.80 Å². The van der Waals surface area contributed by atoms with Crippen molar-refractivity contribution in [2.75, 3.05) is 37.0 Å². The van der Waals surface area contributed by atoms with E-state index in [-0.39, 0.29) is 6.54 Å². The van der Waals surface area contributed by atoms with Crippen molar-refractivity contribution >= 4 is 28.0 Å². The molecule has 1 aliphatic rings. The molecule has 1 fully saturated rings. The Morgan fingerprint density at radius 1 is 1.11 bits per heavy atom. The van der Waals surface area contributed by atoms with Crippen LogP contribution in [0.5, 0.6) is 0 Å². The van der Waals surface area contributed by atoms with E-state index < -0.39 is 10.0 Å². The van der Waals surface area contributed by atoms with Gasteiger partial charge in [-0.15, -0.1) is 0 Å². The lowest BCUT2D eigenvalue weighted by molar-refractivity contribution is 0.588. The molecule has 0 spiro atoms. The molecule has 8 nitrogen and oxygen atoms in total. The van der Waals surface area contributed by atoms with Gasteiger partial charge in [-0.25, -0.2) is 13.1 Å². The summed E-state index contributed by atoms with van der Waals surface area (Å²) >= 11 is 0. The van der Waals surface area contributed by atoms with E-state index >= 15 is 0 Å². The Bertz CT molecular complexity index is 893. The fourth-order valence-electron chi connectivity index (χ4n) is 2.68. The van der Waals surface area contributed by atoms with Crippen LogP contribution in [0, 0.1) is 0 Å². The first-order valence-electron chi connectivity index (χ1n) is 8.83. The first-order valence-corrected chi connectivity index (χ1v) is 10.4. The van der Waals surface area contributed by atoms with E-state index in [1.165, 1.54) is 0 Å². The van der Waals surface area contributed by atoms with Crippen LogP contribution in [0.4, 0.5) is 11.9 Å². The Balaban J connectivity index is 1.73. The summed E-state index contributed by atoms with van der Waals surface area (Å²) in [5, 5.41) is 1.15. The van der Waals surface area contributed by atoms with Gasteiger partial charge in [-0.05, 0) is 24.5 Å². The summed E-state index contributed by atoms with van der Waals surface area (Å²) in [5.41, 5.74) is 0.814. The third-order valence-corrected chi connectivity index (χ3v) is 5.16. The molecule has 144 valence electrons. The van der Waals surface area contributed by atoms with E-state index in [0.717, 1.165) is 36.9 Å². The van der Waals surface area contributed by atoms with Crippen molar-refractivity contribution in [3.8, 4) is 0 Å². The normalized spacial score (nSPS) is 14.8. The number of anilines is 2. The van der Waals surface area contributed by atoms with E-state index in [1.807, 2.05) is 44.4 Å². The highest BCUT2D eigenvalue weighted by Gasteiger charge is 2.18. The molecule has 0 atom stereocenters. The van der Waals surface area contributed by atoms with Gasteiger partial charge in [-0.2, -0.15) is 15.0 Å². The minimum atomic E-state index is -3.60. The van der Waals surface area contributed by atoms with Gasteiger partial charge in [0.2, 0.25) is 21.9 Å². The molecule has 1 aromatic carbocycles. The number of nitrogens with zero attached hydrogens (tertiary/aromatic N) is 5. The average Bonchev–Trinajstić information content (AvgIpc) is 3.20. The molecule has 9 heteroatoms. The highest BCUT2D eigenvalue weighted by Crippen LogP contribution is 2.18. The number of hydrogen-bond acceptors (Lipinski definition) is 7. The van der Waals surface area contributed by atoms with Crippen molar-refractivity contribution in [1.29, 1.82) is 0 Å². The molecule has 0 radical (unpaired) electrons. The molecule has 2 aromatic rings. The summed E-state index contributed by atoms with van der Waals surface area (Å²) in [6, 6.07) is 9.26. The molecule has 0 unspecified atom stereocenters. The largest absolute Gasteiger partial charge is 0.347 e. The van der Waals surface area contributed by atoms with Crippen molar-refractivity contribution in [2.45, 2.75) is 19.4 Å². The minimum Gasteiger partial charge on any atom is -0.347 e. The third kappa shape index (κ3) is 5.48. The van der Waals surface area contributed by atoms with Crippen LogP contribution in [0.15, 0.2) is 35.7 Å². The zero-order chi connectivity index (χ0) is 19.3. The summed E-state index contributed by atoms with van der Waals surface area (Å²) in [6.45, 7) is 1.81. The van der Waals surface area contributed by atoms with Crippen molar-refractivity contribution in [3.63, 3.8) is 0 Å². The molecular formula is C18H24N6O2S. The van der Waals surface area contributed by atoms with Crippen LogP contribution in [0.2, 0.25) is 0 Å². The second-order valence-corrected chi connectivity index (χ2v) is 8.17. The van der Waals surface area contributed by atoms with E-state index in [9.17, 15) is 8.42 Å². The van der Waals surface area contributed by atoms with Gasteiger partial charge in [0, 0.05) is 32.6 Å². The van der Waals surface area contributed by atoms with Crippen molar-refractivity contribution < 1.29 is 8.42 Å². The molecule has 2 heterocycles. The highest BCUT2D eigenvalue weighted by molar-refractivity contribution is 7.92. The van der Waals surface area contributed by atoms with E-state index in [0.29, 0.717) is 17.7 Å². The number of rotatable bonds is 7. The minimum absolute atomic E-state index is 0.00562. The molecule has 0 bridgehead atoms. The fraction of sp³-hybridized carbons (Fsp3) is 0.389. The molecular weight excluding hydrogens is 364 g/mol. The molecule has 3 rings (SSSR count). The first-order chi connectivity index (χ1) is 12.9. The number of benzene rings is 1. The smallest absolute Gasteiger partial charge is 0.234 e. The second kappa shape index (κ2) is 8.45. The lowest BCUT2D eigenvalue weighted by Crippen LogP contribution is -2.26. The Morgan fingerprint density at radius 2 is 1.81 bits per heavy atom. The van der Waals surface area contributed by atoms with Crippen LogP contribution in [-0.4, -0.2) is 50.6 Å². The summed E-state index contributed by atoms with van der Waals surface area (Å²) in [5.74, 6) is 1.51. The number of hydrogen-bond donors (Lipinski definition) is 1. The zero-order valence-corrected chi connectivity index (χ0v) is 16.4. The summed E-state index contributed by atoms with van der Waals surface area (Å²) in [4.78, 5) is 17.2. The zero-order valence-electron chi connectivity index (χ0n) is 15.5. The van der Waals surface area contributed by atoms with Gasteiger partial charge in [-0.1, -0.05) is 30.3 Å². The van der Waals surface area contributed by atoms with Crippen LogP contribution >= 0.6 is 0 Å². The first kappa shape index (κ1) is 19.2. The average molecular weight is 388 g/mol. The third-order valence-electron chi connectivity index (χ3n) is 4.12. The Labute approximate surface area is 160 Å². The highest BCUT2D eigenvalue weighted by atomic mass is 32.2. The molecule has 1 N–H and O–H groups in total. The predicted molar refractivity (Wildman–Crippen MR) is 107 cm³/mol. The van der Waals surface area contributed by atoms with Gasteiger partial charge in [0.05, 0.1) is 6.54 Å². The van der Waals surface area contributed by atoms with Crippen LogP contribution in [0.25, 0.3) is 6.08 Å². The summed E-state index contributed by atoms with van der Waals surface area (Å²) in [7, 11) is 0.0926. The maximum Gasteiger partial charge on any atom is 0.234 e. The standard InChI is InChI=1S/C18H24N6O2S/c1-23(2)17-20-16(21-18(22-17)24-11-6-7-12-24)14-19-27(25,26)13-10-15-8-4-3-5-9-15/h3-5,8-10,13,19H,6-7,11-12,14H2,1-2H3/b13-10+. The van der Waals surface area contributed by atoms with Gasteiger partial charge in [0.15, 0.2) is 5.82 Å². The number of sulfonamides is 1. The van der Waals surface area contributed by atoms with Gasteiger partial charge >= 0.3 is 0 Å². The van der Waals surface area contributed by atoms with E-state index in [2.05, 4.69) is 24.6 Å².